The minimum absolute atomic E-state index is 0.282. The molecule has 1 aromatic carbocycles. The van der Waals surface area contributed by atoms with E-state index in [-0.39, 0.29) is 10.9 Å². The molecule has 5 nitrogen and oxygen atoms in total. The summed E-state index contributed by atoms with van der Waals surface area (Å²) in [5, 5.41) is 17.9. The first-order valence-electron chi connectivity index (χ1n) is 6.49. The van der Waals surface area contributed by atoms with Gasteiger partial charge in [0, 0.05) is 46.4 Å². The second-order valence-corrected chi connectivity index (χ2v) is 5.80. The summed E-state index contributed by atoms with van der Waals surface area (Å²) in [4.78, 5) is 14.0. The second kappa shape index (κ2) is 5.67. The Balaban J connectivity index is 1.79. The average molecular weight is 326 g/mol. The van der Waals surface area contributed by atoms with Crippen molar-refractivity contribution in [2.45, 2.75) is 19.1 Å². The summed E-state index contributed by atoms with van der Waals surface area (Å²) in [7, 11) is 0. The van der Waals surface area contributed by atoms with Crippen LogP contribution in [0, 0.1) is 0 Å². The SMILES string of the molecule is O=C(C(O)c1ccc(Cl)cc1Cl)N1CCc2[nH]ncc2C1. The highest BCUT2D eigenvalue weighted by Crippen LogP contribution is 2.28. The number of nitrogens with zero attached hydrogens (tertiary/aromatic N) is 2. The number of H-pyrrole nitrogens is 1. The molecule has 1 atom stereocenters. The number of hydrogen-bond donors (Lipinski definition) is 2. The van der Waals surface area contributed by atoms with Gasteiger partial charge in [-0.1, -0.05) is 29.3 Å². The van der Waals surface area contributed by atoms with Crippen LogP contribution in [0.25, 0.3) is 0 Å². The van der Waals surface area contributed by atoms with E-state index in [0.717, 1.165) is 11.3 Å². The molecule has 1 unspecified atom stereocenters. The van der Waals surface area contributed by atoms with Gasteiger partial charge in [-0.3, -0.25) is 9.89 Å². The molecule has 1 amide bonds. The quantitative estimate of drug-likeness (QED) is 0.890. The van der Waals surface area contributed by atoms with Gasteiger partial charge in [-0.15, -0.1) is 0 Å². The number of rotatable bonds is 2. The van der Waals surface area contributed by atoms with Crippen LogP contribution in [0.4, 0.5) is 0 Å². The molecule has 2 N–H and O–H groups in total. The van der Waals surface area contributed by atoms with Gasteiger partial charge >= 0.3 is 0 Å². The summed E-state index contributed by atoms with van der Waals surface area (Å²) in [6.07, 6.45) is 1.11. The number of aliphatic hydroxyl groups excluding tert-OH is 1. The van der Waals surface area contributed by atoms with Crippen molar-refractivity contribution >= 4 is 29.1 Å². The standard InChI is InChI=1S/C14H13Cl2N3O2/c15-9-1-2-10(11(16)5-9)13(20)14(21)19-4-3-12-8(7-19)6-17-18-12/h1-2,5-6,13,20H,3-4,7H2,(H,17,18). The third-order valence-electron chi connectivity index (χ3n) is 3.60. The van der Waals surface area contributed by atoms with Gasteiger partial charge < -0.3 is 10.0 Å². The van der Waals surface area contributed by atoms with Crippen LogP contribution in [-0.2, 0) is 17.8 Å². The van der Waals surface area contributed by atoms with Crippen molar-refractivity contribution in [3.8, 4) is 0 Å². The van der Waals surface area contributed by atoms with Crippen LogP contribution in [0.5, 0.6) is 0 Å². The zero-order valence-electron chi connectivity index (χ0n) is 11.0. The zero-order chi connectivity index (χ0) is 15.0. The fraction of sp³-hybridized carbons (Fsp3) is 0.286. The van der Waals surface area contributed by atoms with Crippen molar-refractivity contribution in [2.24, 2.45) is 0 Å². The first kappa shape index (κ1) is 14.4. The minimum Gasteiger partial charge on any atom is -0.378 e. The number of benzene rings is 1. The third-order valence-corrected chi connectivity index (χ3v) is 4.17. The summed E-state index contributed by atoms with van der Waals surface area (Å²) in [6.45, 7) is 0.975. The van der Waals surface area contributed by atoms with Crippen LogP contribution < -0.4 is 0 Å². The van der Waals surface area contributed by atoms with Crippen LogP contribution in [0.15, 0.2) is 24.4 Å². The Morgan fingerprint density at radius 2 is 2.24 bits per heavy atom. The van der Waals surface area contributed by atoms with E-state index >= 15 is 0 Å². The minimum atomic E-state index is -1.29. The van der Waals surface area contributed by atoms with Gasteiger partial charge in [0.05, 0.1) is 6.20 Å². The monoisotopic (exact) mass is 325 g/mol. The van der Waals surface area contributed by atoms with Crippen LogP contribution in [0.3, 0.4) is 0 Å². The second-order valence-electron chi connectivity index (χ2n) is 4.95. The summed E-state index contributed by atoms with van der Waals surface area (Å²) < 4.78 is 0. The molecule has 3 rings (SSSR count). The molecule has 21 heavy (non-hydrogen) atoms. The summed E-state index contributed by atoms with van der Waals surface area (Å²) in [6, 6.07) is 4.68. The Morgan fingerprint density at radius 1 is 1.43 bits per heavy atom. The van der Waals surface area contributed by atoms with E-state index in [1.807, 2.05) is 0 Å². The number of carbonyl (C=O) groups is 1. The average Bonchev–Trinajstić information content (AvgIpc) is 2.93. The molecule has 0 saturated heterocycles. The highest BCUT2D eigenvalue weighted by Gasteiger charge is 2.28. The lowest BCUT2D eigenvalue weighted by Crippen LogP contribution is -2.38. The summed E-state index contributed by atoms with van der Waals surface area (Å²) in [5.41, 5.74) is 2.38. The van der Waals surface area contributed by atoms with Crippen molar-refractivity contribution in [3.05, 3.63) is 51.3 Å². The number of amides is 1. The first-order valence-corrected chi connectivity index (χ1v) is 7.25. The molecule has 1 aliphatic rings. The van der Waals surface area contributed by atoms with Gasteiger partial charge in [0.1, 0.15) is 0 Å². The smallest absolute Gasteiger partial charge is 0.256 e. The van der Waals surface area contributed by atoms with Gasteiger partial charge in [0.2, 0.25) is 0 Å². The van der Waals surface area contributed by atoms with E-state index in [9.17, 15) is 9.90 Å². The Labute approximate surface area is 131 Å². The molecule has 0 saturated carbocycles. The van der Waals surface area contributed by atoms with Crippen molar-refractivity contribution in [2.75, 3.05) is 6.54 Å². The third kappa shape index (κ3) is 2.77. The van der Waals surface area contributed by atoms with Crippen LogP contribution in [0.2, 0.25) is 10.0 Å². The lowest BCUT2D eigenvalue weighted by molar-refractivity contribution is -0.141. The molecule has 110 valence electrons. The van der Waals surface area contributed by atoms with Gasteiger partial charge in [-0.05, 0) is 12.1 Å². The van der Waals surface area contributed by atoms with E-state index in [2.05, 4.69) is 10.2 Å². The number of aromatic nitrogens is 2. The largest absolute Gasteiger partial charge is 0.378 e. The maximum Gasteiger partial charge on any atom is 0.256 e. The Kier molecular flexibility index (Phi) is 3.89. The Hall–Kier alpha value is -1.56. The fourth-order valence-corrected chi connectivity index (χ4v) is 2.95. The molecule has 1 aliphatic heterocycles. The molecular weight excluding hydrogens is 313 g/mol. The van der Waals surface area contributed by atoms with Crippen LogP contribution in [-0.4, -0.2) is 32.7 Å². The number of aliphatic hydroxyl groups is 1. The zero-order valence-corrected chi connectivity index (χ0v) is 12.5. The molecule has 2 aromatic rings. The van der Waals surface area contributed by atoms with E-state index in [1.54, 1.807) is 23.2 Å². The molecule has 0 bridgehead atoms. The lowest BCUT2D eigenvalue weighted by atomic mass is 10.0. The van der Waals surface area contributed by atoms with Gasteiger partial charge in [-0.2, -0.15) is 5.10 Å². The van der Waals surface area contributed by atoms with Gasteiger partial charge in [0.25, 0.3) is 5.91 Å². The molecule has 0 radical (unpaired) electrons. The Bertz CT molecular complexity index is 687. The maximum absolute atomic E-state index is 12.4. The van der Waals surface area contributed by atoms with Crippen molar-refractivity contribution in [1.29, 1.82) is 0 Å². The predicted molar refractivity (Wildman–Crippen MR) is 79.1 cm³/mol. The molecule has 0 spiro atoms. The van der Waals surface area contributed by atoms with Crippen LogP contribution in [0.1, 0.15) is 22.9 Å². The predicted octanol–water partition coefficient (Wildman–Crippen LogP) is 2.33. The van der Waals surface area contributed by atoms with Gasteiger partial charge in [-0.25, -0.2) is 0 Å². The van der Waals surface area contributed by atoms with E-state index in [1.165, 1.54) is 6.07 Å². The van der Waals surface area contributed by atoms with Crippen molar-refractivity contribution in [1.82, 2.24) is 15.1 Å². The van der Waals surface area contributed by atoms with Crippen LogP contribution >= 0.6 is 23.2 Å². The molecular formula is C14H13Cl2N3O2. The highest BCUT2D eigenvalue weighted by molar-refractivity contribution is 6.35. The summed E-state index contributed by atoms with van der Waals surface area (Å²) in [5.74, 6) is -0.369. The van der Waals surface area contributed by atoms with E-state index in [4.69, 9.17) is 23.2 Å². The number of fused-ring (bicyclic) bond motifs is 1. The molecule has 7 heteroatoms. The number of hydrogen-bond acceptors (Lipinski definition) is 3. The lowest BCUT2D eigenvalue weighted by Gasteiger charge is -2.28. The number of nitrogens with one attached hydrogen (secondary N) is 1. The summed E-state index contributed by atoms with van der Waals surface area (Å²) >= 11 is 11.9. The molecule has 0 aliphatic carbocycles. The van der Waals surface area contributed by atoms with Crippen molar-refractivity contribution in [3.63, 3.8) is 0 Å². The normalized spacial score (nSPS) is 15.7. The van der Waals surface area contributed by atoms with Gasteiger partial charge in [0.15, 0.2) is 6.10 Å². The first-order chi connectivity index (χ1) is 10.1. The molecule has 0 fully saturated rings. The fourth-order valence-electron chi connectivity index (χ4n) is 2.44. The molecule has 1 aromatic heterocycles. The number of aromatic amines is 1. The number of halogens is 2. The maximum atomic E-state index is 12.4. The van der Waals surface area contributed by atoms with E-state index in [0.29, 0.717) is 30.1 Å². The Morgan fingerprint density at radius 3 is 3.00 bits per heavy atom. The van der Waals surface area contributed by atoms with E-state index < -0.39 is 6.10 Å². The molecule has 2 heterocycles. The number of carbonyl (C=O) groups excluding carboxylic acids is 1. The van der Waals surface area contributed by atoms with Crippen molar-refractivity contribution < 1.29 is 9.90 Å². The topological polar surface area (TPSA) is 69.2 Å². The highest BCUT2D eigenvalue weighted by atomic mass is 35.5.